The summed E-state index contributed by atoms with van der Waals surface area (Å²) in [6, 6.07) is 19.5. The van der Waals surface area contributed by atoms with Crippen LogP contribution in [0.3, 0.4) is 0 Å². The minimum absolute atomic E-state index is 0.0865. The lowest BCUT2D eigenvalue weighted by Gasteiger charge is -2.31. The Labute approximate surface area is 200 Å². The Hall–Kier alpha value is -2.67. The fraction of sp³-hybridized carbons (Fsp3) is 0.120. The van der Waals surface area contributed by atoms with Crippen molar-refractivity contribution in [3.63, 3.8) is 0 Å². The molecule has 0 spiro atoms. The molecule has 0 fully saturated rings. The Morgan fingerprint density at radius 2 is 1.91 bits per heavy atom. The van der Waals surface area contributed by atoms with E-state index in [-0.39, 0.29) is 11.6 Å². The lowest BCUT2D eigenvalue weighted by Crippen LogP contribution is -2.38. The second-order valence-electron chi connectivity index (χ2n) is 7.78. The summed E-state index contributed by atoms with van der Waals surface area (Å²) in [6.45, 7) is 0. The van der Waals surface area contributed by atoms with Gasteiger partial charge >= 0.3 is 0 Å². The smallest absolute Gasteiger partial charge is 0.271 e. The second kappa shape index (κ2) is 7.73. The van der Waals surface area contributed by atoms with E-state index in [1.165, 1.54) is 16.9 Å². The van der Waals surface area contributed by atoms with E-state index in [1.54, 1.807) is 10.6 Å². The number of furan rings is 1. The summed E-state index contributed by atoms with van der Waals surface area (Å²) in [5, 5.41) is 0.648. The number of allylic oxidation sites excluding steroid dienone is 1. The van der Waals surface area contributed by atoms with Crippen molar-refractivity contribution in [2.75, 3.05) is 0 Å². The van der Waals surface area contributed by atoms with Crippen LogP contribution in [0, 0.1) is 0 Å². The molecule has 0 saturated carbocycles. The Morgan fingerprint density at radius 1 is 1.09 bits per heavy atom. The summed E-state index contributed by atoms with van der Waals surface area (Å²) in [6.07, 6.45) is 3.52. The number of aromatic nitrogens is 1. The molecule has 1 atom stereocenters. The van der Waals surface area contributed by atoms with Crippen LogP contribution in [0.1, 0.15) is 34.9 Å². The van der Waals surface area contributed by atoms with E-state index in [4.69, 9.17) is 21.0 Å². The molecule has 0 bridgehead atoms. The fourth-order valence-corrected chi connectivity index (χ4v) is 6.07. The minimum atomic E-state index is -0.284. The molecule has 4 nitrogen and oxygen atoms in total. The van der Waals surface area contributed by atoms with Gasteiger partial charge in [0.2, 0.25) is 0 Å². The van der Waals surface area contributed by atoms with Crippen molar-refractivity contribution in [2.24, 2.45) is 4.99 Å². The normalized spacial score (nSPS) is 17.6. The van der Waals surface area contributed by atoms with Gasteiger partial charge in [-0.3, -0.25) is 9.36 Å². The number of nitrogens with zero attached hydrogens (tertiary/aromatic N) is 2. The summed E-state index contributed by atoms with van der Waals surface area (Å²) in [4.78, 5) is 19.3. The third kappa shape index (κ3) is 3.17. The van der Waals surface area contributed by atoms with Gasteiger partial charge in [0.15, 0.2) is 9.47 Å². The molecule has 2 aliphatic rings. The molecule has 6 rings (SSSR count). The molecule has 3 heterocycles. The topological polar surface area (TPSA) is 47.5 Å². The number of benzene rings is 2. The van der Waals surface area contributed by atoms with Crippen LogP contribution in [0.25, 0.3) is 11.8 Å². The first kappa shape index (κ1) is 20.0. The molecule has 0 amide bonds. The largest absolute Gasteiger partial charge is 0.450 e. The monoisotopic (exact) mass is 522 g/mol. The zero-order valence-electron chi connectivity index (χ0n) is 16.7. The van der Waals surface area contributed by atoms with Crippen molar-refractivity contribution in [3.8, 4) is 0 Å². The van der Waals surface area contributed by atoms with Crippen LogP contribution in [0.4, 0.5) is 0 Å². The lowest BCUT2D eigenvalue weighted by molar-refractivity contribution is 0.531. The highest BCUT2D eigenvalue weighted by Crippen LogP contribution is 2.42. The molecule has 4 aromatic rings. The highest BCUT2D eigenvalue weighted by atomic mass is 79.9. The van der Waals surface area contributed by atoms with Crippen molar-refractivity contribution in [1.29, 1.82) is 0 Å². The van der Waals surface area contributed by atoms with E-state index in [0.29, 0.717) is 24.8 Å². The number of hydrogen-bond acceptors (Lipinski definition) is 4. The Morgan fingerprint density at radius 3 is 2.72 bits per heavy atom. The van der Waals surface area contributed by atoms with Crippen LogP contribution in [0.15, 0.2) is 85.1 Å². The van der Waals surface area contributed by atoms with Crippen LogP contribution >= 0.6 is 38.9 Å². The van der Waals surface area contributed by atoms with Crippen molar-refractivity contribution >= 4 is 50.6 Å². The van der Waals surface area contributed by atoms with Gasteiger partial charge in [0, 0.05) is 16.7 Å². The number of fused-ring (bicyclic) bond motifs is 3. The van der Waals surface area contributed by atoms with E-state index in [0.717, 1.165) is 35.2 Å². The molecule has 1 aliphatic carbocycles. The van der Waals surface area contributed by atoms with Crippen molar-refractivity contribution in [2.45, 2.75) is 18.9 Å². The number of thiazole rings is 1. The summed E-state index contributed by atoms with van der Waals surface area (Å²) in [7, 11) is 0. The molecule has 1 aliphatic heterocycles. The SMILES string of the molecule is O=c1c(=Cc2ccc(Br)o2)sc2n1C(c1ccccc1Cl)C1=C(N=2)c2ccccc2CC1. The highest BCUT2D eigenvalue weighted by Gasteiger charge is 2.33. The first-order chi connectivity index (χ1) is 15.6. The van der Waals surface area contributed by atoms with Gasteiger partial charge in [0.25, 0.3) is 5.56 Å². The zero-order chi connectivity index (χ0) is 21.8. The molecular formula is C25H16BrClN2O2S. The van der Waals surface area contributed by atoms with Gasteiger partial charge < -0.3 is 4.42 Å². The van der Waals surface area contributed by atoms with Gasteiger partial charge in [0.05, 0.1) is 16.3 Å². The third-order valence-electron chi connectivity index (χ3n) is 5.94. The number of rotatable bonds is 2. The van der Waals surface area contributed by atoms with E-state index in [2.05, 4.69) is 34.1 Å². The number of aryl methyl sites for hydroxylation is 1. The quantitative estimate of drug-likeness (QED) is 0.357. The van der Waals surface area contributed by atoms with Gasteiger partial charge in [-0.05, 0) is 63.7 Å². The molecular weight excluding hydrogens is 508 g/mol. The van der Waals surface area contributed by atoms with Crippen molar-refractivity contribution in [3.05, 3.63) is 118 Å². The highest BCUT2D eigenvalue weighted by molar-refractivity contribution is 9.10. The van der Waals surface area contributed by atoms with Gasteiger partial charge in [-0.2, -0.15) is 0 Å². The molecule has 0 N–H and O–H groups in total. The predicted molar refractivity (Wildman–Crippen MR) is 131 cm³/mol. The Kier molecular flexibility index (Phi) is 4.82. The third-order valence-corrected chi connectivity index (χ3v) is 7.69. The molecule has 1 unspecified atom stereocenters. The average molecular weight is 524 g/mol. The molecule has 158 valence electrons. The molecule has 0 saturated heterocycles. The first-order valence-corrected chi connectivity index (χ1v) is 12.2. The Bertz CT molecular complexity index is 1590. The molecule has 7 heteroatoms. The molecule has 2 aromatic carbocycles. The van der Waals surface area contributed by atoms with Crippen LogP contribution < -0.4 is 14.9 Å². The van der Waals surface area contributed by atoms with Gasteiger partial charge in [-0.25, -0.2) is 4.99 Å². The van der Waals surface area contributed by atoms with Crippen molar-refractivity contribution in [1.82, 2.24) is 4.57 Å². The lowest BCUT2D eigenvalue weighted by atomic mass is 9.83. The van der Waals surface area contributed by atoms with Crippen LogP contribution in [0.5, 0.6) is 0 Å². The molecule has 0 radical (unpaired) electrons. The average Bonchev–Trinajstić information content (AvgIpc) is 3.35. The summed E-state index contributed by atoms with van der Waals surface area (Å²) < 4.78 is 8.60. The maximum Gasteiger partial charge on any atom is 0.271 e. The zero-order valence-corrected chi connectivity index (χ0v) is 19.9. The van der Waals surface area contributed by atoms with Crippen LogP contribution in [-0.2, 0) is 6.42 Å². The molecule has 32 heavy (non-hydrogen) atoms. The maximum atomic E-state index is 13.6. The second-order valence-corrected chi connectivity index (χ2v) is 9.97. The summed E-state index contributed by atoms with van der Waals surface area (Å²) >= 11 is 11.3. The predicted octanol–water partition coefficient (Wildman–Crippen LogP) is 5.33. The van der Waals surface area contributed by atoms with Gasteiger partial charge in [0.1, 0.15) is 5.76 Å². The van der Waals surface area contributed by atoms with E-state index in [1.807, 2.05) is 42.5 Å². The number of hydrogen-bond donors (Lipinski definition) is 0. The summed E-state index contributed by atoms with van der Waals surface area (Å²) in [5.74, 6) is 0.616. The Balaban J connectivity index is 1.66. The fourth-order valence-electron chi connectivity index (χ4n) is 4.53. The molecule has 2 aromatic heterocycles. The minimum Gasteiger partial charge on any atom is -0.450 e. The number of halogens is 2. The van der Waals surface area contributed by atoms with E-state index < -0.39 is 0 Å². The van der Waals surface area contributed by atoms with Gasteiger partial charge in [-0.15, -0.1) is 0 Å². The maximum absolute atomic E-state index is 13.6. The summed E-state index contributed by atoms with van der Waals surface area (Å²) in [5.41, 5.74) is 5.36. The van der Waals surface area contributed by atoms with Crippen LogP contribution in [0.2, 0.25) is 5.02 Å². The standard InChI is InChI=1S/C25H16BrClN2O2S/c26-21-12-10-15(31-21)13-20-24(30)29-23(17-7-3-4-8-19(17)27)18-11-9-14-5-1-2-6-16(14)22(18)28-25(29)32-20/h1-8,10,12-13,23H,9,11H2. The van der Waals surface area contributed by atoms with E-state index in [9.17, 15) is 4.79 Å². The van der Waals surface area contributed by atoms with E-state index >= 15 is 0 Å². The first-order valence-electron chi connectivity index (χ1n) is 10.2. The van der Waals surface area contributed by atoms with Crippen molar-refractivity contribution < 1.29 is 4.42 Å². The van der Waals surface area contributed by atoms with Gasteiger partial charge in [-0.1, -0.05) is 65.4 Å². The van der Waals surface area contributed by atoms with Crippen LogP contribution in [-0.4, -0.2) is 4.57 Å².